The zero-order chi connectivity index (χ0) is 28.7. The Hall–Kier alpha value is -3.56. The Morgan fingerprint density at radius 3 is 2.44 bits per heavy atom. The van der Waals surface area contributed by atoms with Gasteiger partial charge in [0.1, 0.15) is 11.8 Å². The molecule has 4 heterocycles. The molecule has 1 spiro atoms. The van der Waals surface area contributed by atoms with E-state index in [1.807, 2.05) is 90.7 Å². The summed E-state index contributed by atoms with van der Waals surface area (Å²) in [6.07, 6.45) is 8.52. The van der Waals surface area contributed by atoms with Crippen molar-refractivity contribution < 1.29 is 24.2 Å². The molecule has 6 rings (SSSR count). The monoisotopic (exact) mass is 573 g/mol. The summed E-state index contributed by atoms with van der Waals surface area (Å²) in [5.74, 6) is -1.14. The predicted molar refractivity (Wildman–Crippen MR) is 158 cm³/mol. The van der Waals surface area contributed by atoms with Crippen LogP contribution in [-0.4, -0.2) is 81.5 Å². The maximum absolute atomic E-state index is 14.5. The van der Waals surface area contributed by atoms with Crippen LogP contribution in [0.1, 0.15) is 18.9 Å². The number of thioether (sulfide) groups is 1. The molecule has 214 valence electrons. The van der Waals surface area contributed by atoms with Crippen LogP contribution in [-0.2, 0) is 20.9 Å². The Labute approximate surface area is 244 Å². The number of carbonyl (C=O) groups is 3. The molecule has 6 atom stereocenters. The average Bonchev–Trinajstić information content (AvgIpc) is 3.32. The molecule has 4 aliphatic heterocycles. The van der Waals surface area contributed by atoms with Gasteiger partial charge in [-0.3, -0.25) is 14.4 Å². The molecule has 2 saturated heterocycles. The van der Waals surface area contributed by atoms with Gasteiger partial charge in [0.05, 0.1) is 36.3 Å². The van der Waals surface area contributed by atoms with E-state index in [-0.39, 0.29) is 29.6 Å². The van der Waals surface area contributed by atoms with Gasteiger partial charge in [-0.1, -0.05) is 61.6 Å². The summed E-state index contributed by atoms with van der Waals surface area (Å²) in [5.41, 5.74) is 1.73. The molecular formula is C32H35N3O5S. The minimum absolute atomic E-state index is 0.0682. The number of likely N-dealkylation sites (tertiary alicyclic amines) is 1. The Balaban J connectivity index is 1.41. The van der Waals surface area contributed by atoms with Crippen LogP contribution in [0, 0.1) is 11.8 Å². The van der Waals surface area contributed by atoms with E-state index in [1.54, 1.807) is 28.7 Å². The van der Waals surface area contributed by atoms with Crippen molar-refractivity contribution in [1.82, 2.24) is 9.80 Å². The fraction of sp³-hybridized carbons (Fsp3) is 0.406. The third-order valence-electron chi connectivity index (χ3n) is 8.86. The summed E-state index contributed by atoms with van der Waals surface area (Å²) in [5, 5.41) is 10.1. The zero-order valence-corrected chi connectivity index (χ0v) is 24.1. The lowest BCUT2D eigenvalue weighted by Crippen LogP contribution is -2.56. The van der Waals surface area contributed by atoms with Gasteiger partial charge in [0.2, 0.25) is 11.8 Å². The molecule has 0 bridgehead atoms. The minimum Gasteiger partial charge on any atom is -0.497 e. The minimum atomic E-state index is -0.928. The molecule has 0 aromatic heterocycles. The lowest BCUT2D eigenvalue weighted by Gasteiger charge is -2.38. The maximum atomic E-state index is 14.5. The first-order valence-electron chi connectivity index (χ1n) is 14.2. The first-order chi connectivity index (χ1) is 19.9. The number of aliphatic hydroxyl groups is 1. The third-order valence-corrected chi connectivity index (χ3v) is 10.6. The van der Waals surface area contributed by atoms with Crippen molar-refractivity contribution in [2.24, 2.45) is 11.8 Å². The van der Waals surface area contributed by atoms with Crippen LogP contribution >= 0.6 is 11.8 Å². The SMILES string of the molecule is CC[C@@H](CO)N1C(=O)[C@@H]2[C@H]3C(=O)N(Cc4ccccc4)CC=C[C@H]3S[C@@]23C=CCN(c2ccc(OC)cc2)C(=O)C13. The van der Waals surface area contributed by atoms with Crippen molar-refractivity contribution in [3.05, 3.63) is 84.5 Å². The van der Waals surface area contributed by atoms with E-state index in [4.69, 9.17) is 4.74 Å². The predicted octanol–water partition coefficient (Wildman–Crippen LogP) is 3.26. The lowest BCUT2D eigenvalue weighted by molar-refractivity contribution is -0.145. The molecule has 8 nitrogen and oxygen atoms in total. The van der Waals surface area contributed by atoms with Crippen LogP contribution in [0.2, 0.25) is 0 Å². The standard InChI is InChI=1S/C32H35N3O5S/c1-3-22(20-36)35-28-31(39)34(23-12-14-24(40-2)15-13-23)18-8-16-32(28)27(30(35)38)26-25(41-32)11-7-17-33(29(26)37)19-21-9-5-4-6-10-21/h4-16,22,25-28,36H,3,17-20H2,1-2H3/t22-,25+,26-,27-,28?,32-/m0/s1. The van der Waals surface area contributed by atoms with E-state index >= 15 is 0 Å². The van der Waals surface area contributed by atoms with Crippen LogP contribution in [0.5, 0.6) is 5.75 Å². The van der Waals surface area contributed by atoms with Crippen molar-refractivity contribution in [2.75, 3.05) is 31.7 Å². The molecule has 41 heavy (non-hydrogen) atoms. The summed E-state index contributed by atoms with van der Waals surface area (Å²) in [6, 6.07) is 15.8. The number of fused-ring (bicyclic) bond motifs is 2. The third kappa shape index (κ3) is 4.46. The first kappa shape index (κ1) is 27.6. The average molecular weight is 574 g/mol. The van der Waals surface area contributed by atoms with E-state index in [9.17, 15) is 19.5 Å². The van der Waals surface area contributed by atoms with Gasteiger partial charge in [-0.2, -0.15) is 0 Å². The normalized spacial score (nSPS) is 29.6. The van der Waals surface area contributed by atoms with Gasteiger partial charge in [-0.15, -0.1) is 11.8 Å². The highest BCUT2D eigenvalue weighted by molar-refractivity contribution is 8.02. The molecule has 0 aliphatic carbocycles. The molecule has 1 N–H and O–H groups in total. The molecule has 2 aromatic rings. The Morgan fingerprint density at radius 1 is 1.00 bits per heavy atom. The van der Waals surface area contributed by atoms with Crippen LogP contribution in [0.3, 0.4) is 0 Å². The fourth-order valence-corrected chi connectivity index (χ4v) is 8.87. The van der Waals surface area contributed by atoms with Gasteiger partial charge in [-0.05, 0) is 36.2 Å². The van der Waals surface area contributed by atoms with Crippen molar-refractivity contribution in [3.63, 3.8) is 0 Å². The topological polar surface area (TPSA) is 90.4 Å². The Bertz CT molecular complexity index is 1380. The molecule has 0 radical (unpaired) electrons. The number of ether oxygens (including phenoxy) is 1. The molecular weight excluding hydrogens is 538 g/mol. The number of hydrogen-bond acceptors (Lipinski definition) is 6. The number of aliphatic hydroxyl groups excluding tert-OH is 1. The molecule has 3 amide bonds. The number of amides is 3. The molecule has 4 aliphatic rings. The number of hydrogen-bond donors (Lipinski definition) is 1. The van der Waals surface area contributed by atoms with E-state index in [2.05, 4.69) is 0 Å². The van der Waals surface area contributed by atoms with Crippen molar-refractivity contribution >= 4 is 35.2 Å². The van der Waals surface area contributed by atoms with Gasteiger partial charge in [0.15, 0.2) is 0 Å². The van der Waals surface area contributed by atoms with Crippen LogP contribution in [0.4, 0.5) is 5.69 Å². The molecule has 1 unspecified atom stereocenters. The number of anilines is 1. The number of nitrogens with zero attached hydrogens (tertiary/aromatic N) is 3. The molecule has 9 heteroatoms. The van der Waals surface area contributed by atoms with Gasteiger partial charge < -0.3 is 24.5 Å². The quantitative estimate of drug-likeness (QED) is 0.512. The Kier molecular flexibility index (Phi) is 7.42. The molecule has 0 saturated carbocycles. The summed E-state index contributed by atoms with van der Waals surface area (Å²) >= 11 is 1.56. The number of carbonyl (C=O) groups excluding carboxylic acids is 3. The molecule has 2 aromatic carbocycles. The van der Waals surface area contributed by atoms with Crippen molar-refractivity contribution in [1.29, 1.82) is 0 Å². The van der Waals surface area contributed by atoms with Gasteiger partial charge in [-0.25, -0.2) is 0 Å². The second-order valence-corrected chi connectivity index (χ2v) is 12.5. The highest BCUT2D eigenvalue weighted by Crippen LogP contribution is 2.61. The first-order valence-corrected chi connectivity index (χ1v) is 15.0. The van der Waals surface area contributed by atoms with E-state index in [1.165, 1.54) is 0 Å². The van der Waals surface area contributed by atoms with E-state index < -0.39 is 28.7 Å². The summed E-state index contributed by atoms with van der Waals surface area (Å²) in [4.78, 5) is 48.3. The van der Waals surface area contributed by atoms with Crippen molar-refractivity contribution in [3.8, 4) is 5.75 Å². The summed E-state index contributed by atoms with van der Waals surface area (Å²) < 4.78 is 4.37. The van der Waals surface area contributed by atoms with Crippen molar-refractivity contribution in [2.45, 2.75) is 42.0 Å². The second kappa shape index (κ2) is 11.0. The van der Waals surface area contributed by atoms with E-state index in [0.717, 1.165) is 5.56 Å². The summed E-state index contributed by atoms with van der Waals surface area (Å²) in [7, 11) is 1.59. The number of rotatable bonds is 7. The van der Waals surface area contributed by atoms with Gasteiger partial charge >= 0.3 is 0 Å². The highest BCUT2D eigenvalue weighted by atomic mass is 32.2. The van der Waals surface area contributed by atoms with Crippen LogP contribution in [0.15, 0.2) is 78.9 Å². The van der Waals surface area contributed by atoms with Gasteiger partial charge in [0.25, 0.3) is 5.91 Å². The highest BCUT2D eigenvalue weighted by Gasteiger charge is 2.71. The molecule has 2 fully saturated rings. The van der Waals surface area contributed by atoms with E-state index in [0.29, 0.717) is 37.5 Å². The van der Waals surface area contributed by atoms with Gasteiger partial charge in [0, 0.05) is 30.6 Å². The number of methoxy groups -OCH3 is 1. The van der Waals surface area contributed by atoms with Crippen LogP contribution < -0.4 is 9.64 Å². The number of benzene rings is 2. The smallest absolute Gasteiger partial charge is 0.251 e. The lowest BCUT2D eigenvalue weighted by atomic mass is 9.78. The summed E-state index contributed by atoms with van der Waals surface area (Å²) in [6.45, 7) is 2.91. The Morgan fingerprint density at radius 2 is 1.76 bits per heavy atom. The maximum Gasteiger partial charge on any atom is 0.251 e. The van der Waals surface area contributed by atoms with Crippen LogP contribution in [0.25, 0.3) is 0 Å². The zero-order valence-electron chi connectivity index (χ0n) is 23.3. The largest absolute Gasteiger partial charge is 0.497 e. The second-order valence-electron chi connectivity index (χ2n) is 11.0. The fourth-order valence-electron chi connectivity index (χ4n) is 6.88.